The third-order valence-corrected chi connectivity index (χ3v) is 2.70. The maximum atomic E-state index is 11.9. The zero-order valence-corrected chi connectivity index (χ0v) is 10.2. The number of aromatic nitrogens is 1. The van der Waals surface area contributed by atoms with Crippen molar-refractivity contribution in [1.29, 1.82) is 0 Å². The van der Waals surface area contributed by atoms with E-state index in [9.17, 15) is 9.59 Å². The van der Waals surface area contributed by atoms with Crippen LogP contribution < -0.4 is 5.56 Å². The predicted molar refractivity (Wildman–Crippen MR) is 61.8 cm³/mol. The van der Waals surface area contributed by atoms with E-state index >= 15 is 0 Å². The van der Waals surface area contributed by atoms with Gasteiger partial charge in [0.2, 0.25) is 0 Å². The highest BCUT2D eigenvalue weighted by Gasteiger charge is 2.17. The molecule has 0 aliphatic carbocycles. The van der Waals surface area contributed by atoms with Crippen LogP contribution in [-0.4, -0.2) is 17.6 Å². The van der Waals surface area contributed by atoms with E-state index in [1.807, 2.05) is 13.8 Å². The van der Waals surface area contributed by atoms with E-state index in [-0.39, 0.29) is 11.5 Å². The van der Waals surface area contributed by atoms with Gasteiger partial charge in [-0.2, -0.15) is 0 Å². The number of rotatable bonds is 3. The Hall–Kier alpha value is -1.58. The summed E-state index contributed by atoms with van der Waals surface area (Å²) in [7, 11) is 2.99. The molecule has 1 heterocycles. The SMILES string of the molecule is CCc1c(C(=O)OC)cn(C)c(=O)c1CC. The molecule has 0 fully saturated rings. The molecular weight excluding hydrogens is 206 g/mol. The van der Waals surface area contributed by atoms with Crippen molar-refractivity contribution in [2.45, 2.75) is 26.7 Å². The molecule has 4 nitrogen and oxygen atoms in total. The fraction of sp³-hybridized carbons (Fsp3) is 0.500. The van der Waals surface area contributed by atoms with Crippen LogP contribution in [0, 0.1) is 0 Å². The summed E-state index contributed by atoms with van der Waals surface area (Å²) < 4.78 is 6.15. The molecule has 0 bridgehead atoms. The number of pyridine rings is 1. The van der Waals surface area contributed by atoms with E-state index in [1.165, 1.54) is 11.7 Å². The molecule has 1 rings (SSSR count). The molecule has 0 aliphatic rings. The number of carbonyl (C=O) groups excluding carboxylic acids is 1. The second kappa shape index (κ2) is 4.96. The molecule has 0 aliphatic heterocycles. The van der Waals surface area contributed by atoms with Crippen molar-refractivity contribution in [3.63, 3.8) is 0 Å². The van der Waals surface area contributed by atoms with Gasteiger partial charge < -0.3 is 9.30 Å². The highest BCUT2D eigenvalue weighted by Crippen LogP contribution is 2.13. The Morgan fingerprint density at radius 1 is 1.31 bits per heavy atom. The van der Waals surface area contributed by atoms with Crippen molar-refractivity contribution >= 4 is 5.97 Å². The molecule has 4 heteroatoms. The zero-order valence-electron chi connectivity index (χ0n) is 10.2. The first-order chi connectivity index (χ1) is 7.56. The average Bonchev–Trinajstić information content (AvgIpc) is 2.30. The number of carbonyl (C=O) groups is 1. The maximum Gasteiger partial charge on any atom is 0.339 e. The van der Waals surface area contributed by atoms with Gasteiger partial charge in [-0.25, -0.2) is 4.79 Å². The molecule has 1 aromatic rings. The quantitative estimate of drug-likeness (QED) is 0.726. The Balaban J connectivity index is 3.56. The van der Waals surface area contributed by atoms with Crippen LogP contribution in [0.1, 0.15) is 35.3 Å². The Morgan fingerprint density at radius 3 is 2.31 bits per heavy atom. The lowest BCUT2D eigenvalue weighted by Crippen LogP contribution is -2.25. The molecule has 88 valence electrons. The van der Waals surface area contributed by atoms with Crippen LogP contribution in [-0.2, 0) is 24.6 Å². The second-order valence-corrected chi connectivity index (χ2v) is 3.61. The minimum atomic E-state index is -0.387. The molecular formula is C12H17NO3. The Morgan fingerprint density at radius 2 is 1.88 bits per heavy atom. The summed E-state index contributed by atoms with van der Waals surface area (Å²) in [5.74, 6) is -0.387. The van der Waals surface area contributed by atoms with Crippen LogP contribution in [0.4, 0.5) is 0 Å². The molecule has 0 N–H and O–H groups in total. The summed E-state index contributed by atoms with van der Waals surface area (Å²) in [4.78, 5) is 23.4. The predicted octanol–water partition coefficient (Wildman–Crippen LogP) is 1.30. The number of hydrogen-bond acceptors (Lipinski definition) is 3. The average molecular weight is 223 g/mol. The van der Waals surface area contributed by atoms with Crippen LogP contribution in [0.25, 0.3) is 0 Å². The van der Waals surface area contributed by atoms with Gasteiger partial charge in [0.05, 0.1) is 12.7 Å². The van der Waals surface area contributed by atoms with Gasteiger partial charge in [-0.05, 0) is 18.4 Å². The molecule has 16 heavy (non-hydrogen) atoms. The summed E-state index contributed by atoms with van der Waals surface area (Å²) in [6.07, 6.45) is 2.83. The number of methoxy groups -OCH3 is 1. The number of aryl methyl sites for hydroxylation is 1. The van der Waals surface area contributed by atoms with E-state index in [4.69, 9.17) is 4.74 Å². The van der Waals surface area contributed by atoms with Gasteiger partial charge in [-0.3, -0.25) is 4.79 Å². The molecule has 0 saturated heterocycles. The summed E-state index contributed by atoms with van der Waals surface area (Å²) in [6.45, 7) is 3.84. The summed E-state index contributed by atoms with van der Waals surface area (Å²) in [5, 5.41) is 0. The highest BCUT2D eigenvalue weighted by atomic mass is 16.5. The fourth-order valence-corrected chi connectivity index (χ4v) is 1.89. The first-order valence-corrected chi connectivity index (χ1v) is 5.36. The van der Waals surface area contributed by atoms with Gasteiger partial charge in [-0.1, -0.05) is 13.8 Å². The normalized spacial score (nSPS) is 10.2. The Kier molecular flexibility index (Phi) is 3.88. The molecule has 1 aromatic heterocycles. The van der Waals surface area contributed by atoms with Gasteiger partial charge in [0.15, 0.2) is 0 Å². The Bertz CT molecular complexity index is 460. The van der Waals surface area contributed by atoms with E-state index in [1.54, 1.807) is 13.2 Å². The minimum Gasteiger partial charge on any atom is -0.465 e. The first-order valence-electron chi connectivity index (χ1n) is 5.36. The van der Waals surface area contributed by atoms with Gasteiger partial charge in [0.25, 0.3) is 5.56 Å². The highest BCUT2D eigenvalue weighted by molar-refractivity contribution is 5.91. The summed E-state index contributed by atoms with van der Waals surface area (Å²) in [6, 6.07) is 0. The number of esters is 1. The summed E-state index contributed by atoms with van der Waals surface area (Å²) in [5.41, 5.74) is 1.96. The molecule has 0 saturated carbocycles. The number of hydrogen-bond donors (Lipinski definition) is 0. The van der Waals surface area contributed by atoms with Gasteiger partial charge in [-0.15, -0.1) is 0 Å². The summed E-state index contributed by atoms with van der Waals surface area (Å²) >= 11 is 0. The Labute approximate surface area is 94.9 Å². The van der Waals surface area contributed by atoms with E-state index in [0.717, 1.165) is 5.56 Å². The third kappa shape index (κ3) is 2.01. The lowest BCUT2D eigenvalue weighted by molar-refractivity contribution is 0.0598. The van der Waals surface area contributed by atoms with Crippen LogP contribution >= 0.6 is 0 Å². The fourth-order valence-electron chi connectivity index (χ4n) is 1.89. The van der Waals surface area contributed by atoms with Crippen molar-refractivity contribution in [3.8, 4) is 0 Å². The second-order valence-electron chi connectivity index (χ2n) is 3.61. The van der Waals surface area contributed by atoms with Crippen molar-refractivity contribution < 1.29 is 9.53 Å². The zero-order chi connectivity index (χ0) is 12.3. The van der Waals surface area contributed by atoms with Crippen molar-refractivity contribution in [1.82, 2.24) is 4.57 Å². The van der Waals surface area contributed by atoms with Gasteiger partial charge in [0, 0.05) is 18.8 Å². The van der Waals surface area contributed by atoms with Gasteiger partial charge >= 0.3 is 5.97 Å². The smallest absolute Gasteiger partial charge is 0.339 e. The maximum absolute atomic E-state index is 11.9. The monoisotopic (exact) mass is 223 g/mol. The van der Waals surface area contributed by atoms with Crippen LogP contribution in [0.5, 0.6) is 0 Å². The van der Waals surface area contributed by atoms with E-state index < -0.39 is 0 Å². The molecule has 0 atom stereocenters. The first kappa shape index (κ1) is 12.5. The molecule has 0 spiro atoms. The van der Waals surface area contributed by atoms with Crippen LogP contribution in [0.2, 0.25) is 0 Å². The van der Waals surface area contributed by atoms with Crippen molar-refractivity contribution in [2.75, 3.05) is 7.11 Å². The topological polar surface area (TPSA) is 48.3 Å². The standard InChI is InChI=1S/C12H17NO3/c1-5-8-9(6-2)11(14)13(3)7-10(8)12(15)16-4/h7H,5-6H2,1-4H3. The van der Waals surface area contributed by atoms with E-state index in [2.05, 4.69) is 0 Å². The molecule has 0 aromatic carbocycles. The van der Waals surface area contributed by atoms with Gasteiger partial charge in [0.1, 0.15) is 0 Å². The largest absolute Gasteiger partial charge is 0.465 e. The molecule has 0 unspecified atom stereocenters. The van der Waals surface area contributed by atoms with E-state index in [0.29, 0.717) is 24.0 Å². The lowest BCUT2D eigenvalue weighted by Gasteiger charge is -2.12. The number of nitrogens with zero attached hydrogens (tertiary/aromatic N) is 1. The number of ether oxygens (including phenoxy) is 1. The lowest BCUT2D eigenvalue weighted by atomic mass is 10.00. The van der Waals surface area contributed by atoms with Crippen LogP contribution in [0.15, 0.2) is 11.0 Å². The van der Waals surface area contributed by atoms with Crippen molar-refractivity contribution in [3.05, 3.63) is 33.2 Å². The molecule has 0 radical (unpaired) electrons. The van der Waals surface area contributed by atoms with Crippen LogP contribution in [0.3, 0.4) is 0 Å². The molecule has 0 amide bonds. The van der Waals surface area contributed by atoms with Crippen molar-refractivity contribution in [2.24, 2.45) is 7.05 Å². The third-order valence-electron chi connectivity index (χ3n) is 2.70. The minimum absolute atomic E-state index is 0.0352.